The Morgan fingerprint density at radius 3 is 2.86 bits per heavy atom. The summed E-state index contributed by atoms with van der Waals surface area (Å²) in [6.07, 6.45) is 5.36. The summed E-state index contributed by atoms with van der Waals surface area (Å²) in [7, 11) is 0. The van der Waals surface area contributed by atoms with E-state index in [9.17, 15) is 15.3 Å². The van der Waals surface area contributed by atoms with Crippen LogP contribution in [0.4, 0.5) is 5.00 Å². The van der Waals surface area contributed by atoms with E-state index in [1.807, 2.05) is 13.0 Å². The van der Waals surface area contributed by atoms with Crippen molar-refractivity contribution in [1.29, 1.82) is 10.5 Å². The van der Waals surface area contributed by atoms with E-state index in [2.05, 4.69) is 11.4 Å². The van der Waals surface area contributed by atoms with E-state index in [0.29, 0.717) is 33.5 Å². The van der Waals surface area contributed by atoms with Gasteiger partial charge in [0.05, 0.1) is 12.2 Å². The van der Waals surface area contributed by atoms with Crippen LogP contribution in [0.25, 0.3) is 6.08 Å². The fourth-order valence-corrected chi connectivity index (χ4v) is 4.58. The predicted octanol–water partition coefficient (Wildman–Crippen LogP) is 5.10. The number of halogens is 1. The summed E-state index contributed by atoms with van der Waals surface area (Å²) in [5, 5.41) is 22.8. The van der Waals surface area contributed by atoms with Gasteiger partial charge in [0.15, 0.2) is 0 Å². The zero-order valence-corrected chi connectivity index (χ0v) is 16.9. The molecule has 0 aliphatic heterocycles. The van der Waals surface area contributed by atoms with Crippen LogP contribution in [-0.2, 0) is 17.6 Å². The Bertz CT molecular complexity index is 1030. The highest BCUT2D eigenvalue weighted by Gasteiger charge is 2.22. The molecule has 28 heavy (non-hydrogen) atoms. The van der Waals surface area contributed by atoms with E-state index in [1.165, 1.54) is 17.4 Å². The Morgan fingerprint density at radius 2 is 2.14 bits per heavy atom. The van der Waals surface area contributed by atoms with Crippen molar-refractivity contribution in [1.82, 2.24) is 0 Å². The number of carbonyl (C=O) groups excluding carboxylic acids is 1. The first-order valence-electron chi connectivity index (χ1n) is 8.97. The summed E-state index contributed by atoms with van der Waals surface area (Å²) in [4.78, 5) is 13.9. The average molecular weight is 412 g/mol. The lowest BCUT2D eigenvalue weighted by Crippen LogP contribution is -2.13. The van der Waals surface area contributed by atoms with E-state index in [1.54, 1.807) is 18.2 Å². The standard InChI is InChI=1S/C21H18ClN3O2S/c1-2-27-18-8-7-15(22)10-13(18)9-14(11-23)20(26)25-21-17(12-24)16-5-3-4-6-19(16)28-21/h7-10H,2-6H2,1H3,(H,25,26)/b14-9+. The normalized spacial score (nSPS) is 13.2. The van der Waals surface area contributed by atoms with Crippen LogP contribution < -0.4 is 10.1 Å². The third kappa shape index (κ3) is 4.20. The van der Waals surface area contributed by atoms with Crippen molar-refractivity contribution in [3.63, 3.8) is 0 Å². The summed E-state index contributed by atoms with van der Waals surface area (Å²) in [5.41, 5.74) is 2.01. The topological polar surface area (TPSA) is 85.9 Å². The SMILES string of the molecule is CCOc1ccc(Cl)cc1/C=C(\C#N)C(=O)Nc1sc2c(c1C#N)CCCC2. The third-order valence-corrected chi connectivity index (χ3v) is 5.89. The van der Waals surface area contributed by atoms with E-state index in [4.69, 9.17) is 16.3 Å². The van der Waals surface area contributed by atoms with Crippen LogP contribution in [0.2, 0.25) is 5.02 Å². The minimum absolute atomic E-state index is 0.0847. The second-order valence-corrected chi connectivity index (χ2v) is 7.81. The number of nitrogens with zero attached hydrogens (tertiary/aromatic N) is 2. The summed E-state index contributed by atoms with van der Waals surface area (Å²) in [5.74, 6) is -0.0169. The molecule has 7 heteroatoms. The Balaban J connectivity index is 1.91. The number of rotatable bonds is 5. The van der Waals surface area contributed by atoms with Crippen molar-refractivity contribution in [2.45, 2.75) is 32.6 Å². The fourth-order valence-electron chi connectivity index (χ4n) is 3.17. The van der Waals surface area contributed by atoms with Crippen LogP contribution in [0.1, 0.15) is 41.3 Å². The van der Waals surface area contributed by atoms with E-state index in [-0.39, 0.29) is 5.57 Å². The molecule has 1 amide bonds. The molecule has 0 fully saturated rings. The van der Waals surface area contributed by atoms with Gasteiger partial charge in [-0.3, -0.25) is 4.79 Å². The molecule has 1 aromatic heterocycles. The first-order valence-corrected chi connectivity index (χ1v) is 10.2. The number of aryl methyl sites for hydroxylation is 1. The largest absolute Gasteiger partial charge is 0.493 e. The maximum absolute atomic E-state index is 12.7. The molecular weight excluding hydrogens is 394 g/mol. The molecule has 142 valence electrons. The molecule has 0 saturated heterocycles. The van der Waals surface area contributed by atoms with Gasteiger partial charge in [0.2, 0.25) is 0 Å². The molecule has 0 bridgehead atoms. The molecule has 0 unspecified atom stereocenters. The number of benzene rings is 1. The number of fused-ring (bicyclic) bond motifs is 1. The Kier molecular flexibility index (Phi) is 6.36. The molecule has 0 saturated carbocycles. The highest BCUT2D eigenvalue weighted by molar-refractivity contribution is 7.16. The number of ether oxygens (including phenoxy) is 1. The van der Waals surface area contributed by atoms with Gasteiger partial charge in [0, 0.05) is 15.5 Å². The Labute approximate surface area is 172 Å². The molecule has 1 aromatic carbocycles. The van der Waals surface area contributed by atoms with Crippen molar-refractivity contribution < 1.29 is 9.53 Å². The number of amides is 1. The first kappa shape index (κ1) is 19.9. The molecular formula is C21H18ClN3O2S. The zero-order chi connectivity index (χ0) is 20.1. The van der Waals surface area contributed by atoms with Gasteiger partial charge in [0.25, 0.3) is 5.91 Å². The maximum atomic E-state index is 12.7. The van der Waals surface area contributed by atoms with Crippen molar-refractivity contribution in [3.8, 4) is 17.9 Å². The van der Waals surface area contributed by atoms with Crippen LogP contribution in [-0.4, -0.2) is 12.5 Å². The number of hydrogen-bond acceptors (Lipinski definition) is 5. The number of hydrogen-bond donors (Lipinski definition) is 1. The van der Waals surface area contributed by atoms with Gasteiger partial charge in [-0.15, -0.1) is 11.3 Å². The highest BCUT2D eigenvalue weighted by Crippen LogP contribution is 2.37. The molecule has 5 nitrogen and oxygen atoms in total. The van der Waals surface area contributed by atoms with Crippen molar-refractivity contribution in [2.75, 3.05) is 11.9 Å². The maximum Gasteiger partial charge on any atom is 0.266 e. The monoisotopic (exact) mass is 411 g/mol. The molecule has 1 aliphatic rings. The second-order valence-electron chi connectivity index (χ2n) is 6.27. The minimum atomic E-state index is -0.556. The molecule has 0 radical (unpaired) electrons. The van der Waals surface area contributed by atoms with Gasteiger partial charge in [-0.1, -0.05) is 11.6 Å². The first-order chi connectivity index (χ1) is 13.6. The summed E-state index contributed by atoms with van der Waals surface area (Å²) in [6.45, 7) is 2.30. The Hall–Kier alpha value is -2.80. The number of nitriles is 2. The van der Waals surface area contributed by atoms with Crippen molar-refractivity contribution in [2.24, 2.45) is 0 Å². The van der Waals surface area contributed by atoms with Crippen LogP contribution in [0.5, 0.6) is 5.75 Å². The lowest BCUT2D eigenvalue weighted by Gasteiger charge is -2.09. The summed E-state index contributed by atoms with van der Waals surface area (Å²) >= 11 is 7.47. The number of anilines is 1. The van der Waals surface area contributed by atoms with Crippen LogP contribution in [0, 0.1) is 22.7 Å². The van der Waals surface area contributed by atoms with Crippen LogP contribution >= 0.6 is 22.9 Å². The quantitative estimate of drug-likeness (QED) is 0.548. The van der Waals surface area contributed by atoms with Gasteiger partial charge in [-0.2, -0.15) is 10.5 Å². The number of nitrogens with one attached hydrogen (secondary N) is 1. The highest BCUT2D eigenvalue weighted by atomic mass is 35.5. The second kappa shape index (κ2) is 8.93. The number of thiophene rings is 1. The molecule has 3 rings (SSSR count). The van der Waals surface area contributed by atoms with Crippen molar-refractivity contribution in [3.05, 3.63) is 50.4 Å². The summed E-state index contributed by atoms with van der Waals surface area (Å²) in [6, 6.07) is 9.16. The molecule has 1 aliphatic carbocycles. The zero-order valence-electron chi connectivity index (χ0n) is 15.3. The molecule has 1 heterocycles. The lowest BCUT2D eigenvalue weighted by molar-refractivity contribution is -0.112. The van der Waals surface area contributed by atoms with Gasteiger partial charge in [0.1, 0.15) is 28.5 Å². The van der Waals surface area contributed by atoms with Gasteiger partial charge in [-0.05, 0) is 62.4 Å². The van der Waals surface area contributed by atoms with E-state index in [0.717, 1.165) is 36.1 Å². The van der Waals surface area contributed by atoms with Crippen LogP contribution in [0.15, 0.2) is 23.8 Å². The molecule has 1 N–H and O–H groups in total. The number of carbonyl (C=O) groups is 1. The van der Waals surface area contributed by atoms with E-state index < -0.39 is 5.91 Å². The van der Waals surface area contributed by atoms with Gasteiger partial charge < -0.3 is 10.1 Å². The third-order valence-electron chi connectivity index (χ3n) is 4.45. The molecule has 2 aromatic rings. The fraction of sp³-hybridized carbons (Fsp3) is 0.286. The summed E-state index contributed by atoms with van der Waals surface area (Å²) < 4.78 is 5.54. The molecule has 0 spiro atoms. The Morgan fingerprint density at radius 1 is 1.36 bits per heavy atom. The lowest BCUT2D eigenvalue weighted by atomic mass is 9.96. The van der Waals surface area contributed by atoms with E-state index >= 15 is 0 Å². The van der Waals surface area contributed by atoms with Gasteiger partial charge in [-0.25, -0.2) is 0 Å². The molecule has 0 atom stereocenters. The average Bonchev–Trinajstić information content (AvgIpc) is 3.04. The minimum Gasteiger partial charge on any atom is -0.493 e. The van der Waals surface area contributed by atoms with Crippen molar-refractivity contribution >= 4 is 39.9 Å². The smallest absolute Gasteiger partial charge is 0.266 e. The van der Waals surface area contributed by atoms with Crippen LogP contribution in [0.3, 0.4) is 0 Å². The predicted molar refractivity (Wildman–Crippen MR) is 111 cm³/mol. The van der Waals surface area contributed by atoms with Gasteiger partial charge >= 0.3 is 0 Å².